The smallest absolute Gasteiger partial charge is 0.339 e. The Labute approximate surface area is 209 Å². The number of carboxylic acid groups (broad SMARTS) is 1. The molecule has 10 heteroatoms. The Bertz CT molecular complexity index is 1570. The minimum Gasteiger partial charge on any atom is -0.548 e. The number of aryl methyl sites for hydroxylation is 1. The van der Waals surface area contributed by atoms with E-state index in [1.807, 2.05) is 0 Å². The van der Waals surface area contributed by atoms with E-state index in [2.05, 4.69) is 10.3 Å². The van der Waals surface area contributed by atoms with Crippen LogP contribution in [0.25, 0.3) is 21.9 Å². The number of hydrogen-bond acceptors (Lipinski definition) is 7. The highest BCUT2D eigenvalue weighted by molar-refractivity contribution is 6.32. The molecule has 2 aromatic carbocycles. The monoisotopic (exact) mass is 509 g/mol. The molecule has 0 fully saturated rings. The Balaban J connectivity index is 1.33. The Hall–Kier alpha value is -3.98. The Morgan fingerprint density at radius 1 is 1.22 bits per heavy atom. The normalized spacial score (nSPS) is 14.5. The Kier molecular flexibility index (Phi) is 6.09. The standard InChI is InChI=1S/C26H23ClN2O7/c1-12(35-23-10-22-18(9-19(23)27)15-3-2-4-16(15)26(34)36-22)24(31)29-21(25(32)33)7-13-11-28-20-6-5-14(30)8-17(13)20/h5-6,8-12,21,28,30H,2-4,7H2,1H3,(H,29,31)(H,32,33)/p-1/t12-,21+/m1/s1. The first-order valence-electron chi connectivity index (χ1n) is 11.5. The number of aliphatic carboxylic acids is 1. The molecule has 5 rings (SSSR count). The number of carbonyl (C=O) groups excluding carboxylic acids is 2. The number of carboxylic acids is 1. The van der Waals surface area contributed by atoms with Crippen molar-refractivity contribution in [3.05, 3.63) is 68.7 Å². The molecule has 2 heterocycles. The van der Waals surface area contributed by atoms with Crippen LogP contribution in [-0.2, 0) is 28.9 Å². The number of aromatic amines is 1. The van der Waals surface area contributed by atoms with Crippen molar-refractivity contribution in [2.75, 3.05) is 0 Å². The van der Waals surface area contributed by atoms with E-state index in [0.717, 1.165) is 23.8 Å². The van der Waals surface area contributed by atoms with Gasteiger partial charge in [0.15, 0.2) is 6.10 Å². The number of amides is 1. The number of phenolic OH excluding ortho intramolecular Hbond substituents is 1. The summed E-state index contributed by atoms with van der Waals surface area (Å²) in [6, 6.07) is 6.46. The number of halogens is 1. The molecule has 36 heavy (non-hydrogen) atoms. The second-order valence-corrected chi connectivity index (χ2v) is 9.27. The molecule has 0 aliphatic heterocycles. The number of hydrogen-bond donors (Lipinski definition) is 3. The van der Waals surface area contributed by atoms with Crippen LogP contribution in [0, 0.1) is 0 Å². The summed E-state index contributed by atoms with van der Waals surface area (Å²) < 4.78 is 11.2. The molecular weight excluding hydrogens is 488 g/mol. The van der Waals surface area contributed by atoms with E-state index >= 15 is 0 Å². The summed E-state index contributed by atoms with van der Waals surface area (Å²) in [5.41, 5.74) is 2.80. The highest BCUT2D eigenvalue weighted by Gasteiger charge is 2.24. The number of H-pyrrole nitrogens is 1. The number of aromatic nitrogens is 1. The van der Waals surface area contributed by atoms with Gasteiger partial charge in [-0.1, -0.05) is 11.6 Å². The number of aromatic hydroxyl groups is 1. The van der Waals surface area contributed by atoms with Crippen molar-refractivity contribution in [3.8, 4) is 11.5 Å². The number of ether oxygens (including phenoxy) is 1. The molecule has 2 aromatic heterocycles. The van der Waals surface area contributed by atoms with Gasteiger partial charge >= 0.3 is 5.63 Å². The summed E-state index contributed by atoms with van der Waals surface area (Å²) in [7, 11) is 0. The van der Waals surface area contributed by atoms with Gasteiger partial charge in [-0.2, -0.15) is 0 Å². The third kappa shape index (κ3) is 4.37. The third-order valence-corrected chi connectivity index (χ3v) is 6.77. The number of phenols is 1. The van der Waals surface area contributed by atoms with E-state index in [1.165, 1.54) is 25.1 Å². The van der Waals surface area contributed by atoms with Crippen LogP contribution in [-0.4, -0.2) is 34.1 Å². The number of rotatable bonds is 7. The van der Waals surface area contributed by atoms with Crippen LogP contribution in [0.3, 0.4) is 0 Å². The van der Waals surface area contributed by atoms with Gasteiger partial charge in [-0.15, -0.1) is 0 Å². The van der Waals surface area contributed by atoms with Crippen molar-refractivity contribution in [1.82, 2.24) is 10.3 Å². The highest BCUT2D eigenvalue weighted by Crippen LogP contribution is 2.35. The lowest BCUT2D eigenvalue weighted by molar-refractivity contribution is -0.308. The maximum atomic E-state index is 12.8. The zero-order valence-corrected chi connectivity index (χ0v) is 20.0. The number of benzene rings is 2. The average Bonchev–Trinajstić information content (AvgIpc) is 3.47. The summed E-state index contributed by atoms with van der Waals surface area (Å²) >= 11 is 6.41. The number of fused-ring (bicyclic) bond motifs is 4. The molecule has 0 unspecified atom stereocenters. The second kappa shape index (κ2) is 9.23. The molecule has 186 valence electrons. The second-order valence-electron chi connectivity index (χ2n) is 8.87. The van der Waals surface area contributed by atoms with Gasteiger partial charge in [0.05, 0.1) is 17.0 Å². The fourth-order valence-corrected chi connectivity index (χ4v) is 4.86. The molecule has 9 nitrogen and oxygen atoms in total. The maximum Gasteiger partial charge on any atom is 0.339 e. The molecule has 0 spiro atoms. The molecule has 4 aromatic rings. The topological polar surface area (TPSA) is 145 Å². The molecule has 0 saturated carbocycles. The van der Waals surface area contributed by atoms with Crippen LogP contribution >= 0.6 is 11.6 Å². The van der Waals surface area contributed by atoms with Crippen LogP contribution in [0.4, 0.5) is 0 Å². The Morgan fingerprint density at radius 3 is 2.78 bits per heavy atom. The molecule has 1 amide bonds. The predicted molar refractivity (Wildman–Crippen MR) is 130 cm³/mol. The summed E-state index contributed by atoms with van der Waals surface area (Å²) in [6.45, 7) is 1.45. The molecule has 1 aliphatic carbocycles. The highest BCUT2D eigenvalue weighted by atomic mass is 35.5. The molecule has 0 radical (unpaired) electrons. The Morgan fingerprint density at radius 2 is 2.00 bits per heavy atom. The van der Waals surface area contributed by atoms with Gasteiger partial charge in [-0.3, -0.25) is 4.79 Å². The lowest BCUT2D eigenvalue weighted by Gasteiger charge is -2.22. The van der Waals surface area contributed by atoms with Crippen molar-refractivity contribution in [2.45, 2.75) is 44.8 Å². The van der Waals surface area contributed by atoms with E-state index < -0.39 is 29.6 Å². The number of nitrogens with one attached hydrogen (secondary N) is 2. The SMILES string of the molecule is C[C@@H](Oc1cc2oc(=O)c3c(c2cc1Cl)CCC3)C(=O)N[C@@H](Cc1c[nH]c2ccc(O)cc12)C(=O)[O-]. The zero-order chi connectivity index (χ0) is 25.6. The molecule has 0 bridgehead atoms. The van der Waals surface area contributed by atoms with Crippen LogP contribution in [0.1, 0.15) is 30.0 Å². The van der Waals surface area contributed by atoms with E-state index in [1.54, 1.807) is 18.3 Å². The summed E-state index contributed by atoms with van der Waals surface area (Å²) in [4.78, 5) is 39.9. The fraction of sp³-hybridized carbons (Fsp3) is 0.269. The fourth-order valence-electron chi connectivity index (χ4n) is 4.65. The summed E-state index contributed by atoms with van der Waals surface area (Å²) in [5.74, 6) is -2.00. The van der Waals surface area contributed by atoms with Gasteiger partial charge in [-0.05, 0) is 61.6 Å². The lowest BCUT2D eigenvalue weighted by atomic mass is 10.0. The van der Waals surface area contributed by atoms with Gasteiger partial charge < -0.3 is 34.5 Å². The molecule has 1 aliphatic rings. The number of carbonyl (C=O) groups is 2. The first-order valence-corrected chi connectivity index (χ1v) is 11.8. The van der Waals surface area contributed by atoms with Crippen molar-refractivity contribution in [3.63, 3.8) is 0 Å². The molecular formula is C26H22ClN2O7-. The first-order chi connectivity index (χ1) is 17.2. The van der Waals surface area contributed by atoms with Crippen molar-refractivity contribution < 1.29 is 29.0 Å². The van der Waals surface area contributed by atoms with Crippen molar-refractivity contribution in [1.29, 1.82) is 0 Å². The lowest BCUT2D eigenvalue weighted by Crippen LogP contribution is -2.52. The van der Waals surface area contributed by atoms with Gasteiger partial charge in [0.2, 0.25) is 0 Å². The molecule has 0 saturated heterocycles. The quantitative estimate of drug-likeness (QED) is 0.324. The van der Waals surface area contributed by atoms with Crippen LogP contribution in [0.5, 0.6) is 11.5 Å². The van der Waals surface area contributed by atoms with Crippen LogP contribution in [0.2, 0.25) is 5.02 Å². The van der Waals surface area contributed by atoms with E-state index in [4.69, 9.17) is 20.8 Å². The predicted octanol–water partition coefficient (Wildman–Crippen LogP) is 2.37. The van der Waals surface area contributed by atoms with Gasteiger partial charge in [0, 0.05) is 40.5 Å². The average molecular weight is 510 g/mol. The van der Waals surface area contributed by atoms with E-state index in [9.17, 15) is 24.6 Å². The van der Waals surface area contributed by atoms with Gasteiger partial charge in [-0.25, -0.2) is 4.79 Å². The zero-order valence-electron chi connectivity index (χ0n) is 19.2. The molecule has 2 atom stereocenters. The van der Waals surface area contributed by atoms with Crippen molar-refractivity contribution in [2.24, 2.45) is 0 Å². The summed E-state index contributed by atoms with van der Waals surface area (Å²) in [6.07, 6.45) is 2.72. The van der Waals surface area contributed by atoms with Gasteiger partial charge in [0.1, 0.15) is 17.1 Å². The molecule has 3 N–H and O–H groups in total. The van der Waals surface area contributed by atoms with E-state index in [-0.39, 0.29) is 22.9 Å². The maximum absolute atomic E-state index is 12.8. The largest absolute Gasteiger partial charge is 0.548 e. The minimum atomic E-state index is -1.47. The first kappa shape index (κ1) is 23.7. The minimum absolute atomic E-state index is 0.0347. The van der Waals surface area contributed by atoms with Crippen molar-refractivity contribution >= 4 is 45.3 Å². The van der Waals surface area contributed by atoms with Crippen LogP contribution < -0.4 is 20.8 Å². The van der Waals surface area contributed by atoms with E-state index in [0.29, 0.717) is 34.0 Å². The summed E-state index contributed by atoms with van der Waals surface area (Å²) in [5, 5.41) is 25.6. The third-order valence-electron chi connectivity index (χ3n) is 6.48. The van der Waals surface area contributed by atoms with Gasteiger partial charge in [0.25, 0.3) is 5.91 Å². The van der Waals surface area contributed by atoms with Crippen LogP contribution in [0.15, 0.2) is 45.7 Å².